The van der Waals surface area contributed by atoms with E-state index in [4.69, 9.17) is 4.52 Å². The number of nitrogens with zero attached hydrogens (tertiary/aromatic N) is 6. The molecule has 25 heavy (non-hydrogen) atoms. The minimum absolute atomic E-state index is 0. The number of piperazine rings is 1. The Kier molecular flexibility index (Phi) is 7.69. The minimum Gasteiger partial charge on any atom is -0.364 e. The molecule has 0 atom stereocenters. The Morgan fingerprint density at radius 1 is 1.32 bits per heavy atom. The molecule has 0 bridgehead atoms. The first-order valence-electron chi connectivity index (χ1n) is 8.31. The molecule has 2 aromatic heterocycles. The molecule has 1 aliphatic rings. The third-order valence-corrected chi connectivity index (χ3v) is 4.15. The van der Waals surface area contributed by atoms with E-state index in [1.165, 1.54) is 5.56 Å². The fourth-order valence-electron chi connectivity index (χ4n) is 2.87. The second-order valence-corrected chi connectivity index (χ2v) is 6.01. The summed E-state index contributed by atoms with van der Waals surface area (Å²) in [4.78, 5) is 9.09. The van der Waals surface area contributed by atoms with E-state index in [2.05, 4.69) is 37.3 Å². The van der Waals surface area contributed by atoms with Gasteiger partial charge in [-0.3, -0.25) is 14.6 Å². The molecule has 8 nitrogen and oxygen atoms in total. The molecule has 1 aliphatic heterocycles. The lowest BCUT2D eigenvalue weighted by atomic mass is 10.3. The van der Waals surface area contributed by atoms with Crippen molar-refractivity contribution < 1.29 is 4.52 Å². The van der Waals surface area contributed by atoms with Gasteiger partial charge in [-0.05, 0) is 12.5 Å². The van der Waals surface area contributed by atoms with Crippen LogP contribution in [0.25, 0.3) is 0 Å². The smallest absolute Gasteiger partial charge is 0.193 e. The number of hydrogen-bond acceptors (Lipinski definition) is 5. The summed E-state index contributed by atoms with van der Waals surface area (Å²) in [7, 11) is 1.84. The van der Waals surface area contributed by atoms with E-state index in [1.807, 2.05) is 30.2 Å². The van der Waals surface area contributed by atoms with Crippen LogP contribution in [0.4, 0.5) is 0 Å². The Labute approximate surface area is 165 Å². The van der Waals surface area contributed by atoms with Crippen LogP contribution in [0.3, 0.4) is 0 Å². The van der Waals surface area contributed by atoms with Gasteiger partial charge in [-0.25, -0.2) is 0 Å². The van der Waals surface area contributed by atoms with Crippen LogP contribution < -0.4 is 5.32 Å². The molecule has 0 radical (unpaired) electrons. The van der Waals surface area contributed by atoms with Gasteiger partial charge in [0.1, 0.15) is 6.26 Å². The summed E-state index contributed by atoms with van der Waals surface area (Å²) in [5, 5.41) is 11.7. The molecule has 138 valence electrons. The van der Waals surface area contributed by atoms with Crippen molar-refractivity contribution in [3.05, 3.63) is 36.0 Å². The summed E-state index contributed by atoms with van der Waals surface area (Å²) >= 11 is 0. The van der Waals surface area contributed by atoms with Crippen molar-refractivity contribution in [2.45, 2.75) is 20.0 Å². The molecule has 0 amide bonds. The SMILES string of the molecule is CN=C(NCCn1cc(C)cn1)N1CCN(Cc2ccon2)CC1.I. The van der Waals surface area contributed by atoms with Crippen LogP contribution in [0.15, 0.2) is 34.2 Å². The molecule has 1 fully saturated rings. The van der Waals surface area contributed by atoms with Crippen molar-refractivity contribution in [2.75, 3.05) is 39.8 Å². The quantitative estimate of drug-likeness (QED) is 0.412. The van der Waals surface area contributed by atoms with Crippen LogP contribution in [0.2, 0.25) is 0 Å². The number of hydrogen-bond donors (Lipinski definition) is 1. The van der Waals surface area contributed by atoms with Gasteiger partial charge < -0.3 is 14.7 Å². The first-order valence-corrected chi connectivity index (χ1v) is 8.31. The predicted molar refractivity (Wildman–Crippen MR) is 107 cm³/mol. The lowest BCUT2D eigenvalue weighted by molar-refractivity contribution is 0.169. The van der Waals surface area contributed by atoms with Gasteiger partial charge >= 0.3 is 0 Å². The molecule has 2 aromatic rings. The average Bonchev–Trinajstić information content (AvgIpc) is 3.24. The normalized spacial score (nSPS) is 15.9. The fraction of sp³-hybridized carbons (Fsp3) is 0.562. The van der Waals surface area contributed by atoms with Gasteiger partial charge in [0.15, 0.2) is 5.96 Å². The maximum absolute atomic E-state index is 4.89. The second kappa shape index (κ2) is 9.76. The monoisotopic (exact) mass is 459 g/mol. The Morgan fingerprint density at radius 3 is 2.72 bits per heavy atom. The zero-order valence-electron chi connectivity index (χ0n) is 14.8. The van der Waals surface area contributed by atoms with Crippen LogP contribution in [0.5, 0.6) is 0 Å². The highest BCUT2D eigenvalue weighted by Gasteiger charge is 2.20. The Hall–Kier alpha value is -1.62. The van der Waals surface area contributed by atoms with Gasteiger partial charge in [0.2, 0.25) is 0 Å². The van der Waals surface area contributed by atoms with Crippen LogP contribution in [-0.2, 0) is 13.1 Å². The maximum atomic E-state index is 4.89. The summed E-state index contributed by atoms with van der Waals surface area (Å²) in [6.07, 6.45) is 5.55. The number of halogens is 1. The molecule has 9 heteroatoms. The molecule has 3 heterocycles. The Balaban J connectivity index is 0.00000225. The van der Waals surface area contributed by atoms with Crippen molar-refractivity contribution in [1.29, 1.82) is 0 Å². The zero-order valence-corrected chi connectivity index (χ0v) is 17.1. The first-order chi connectivity index (χ1) is 11.7. The molecule has 0 spiro atoms. The topological polar surface area (TPSA) is 74.7 Å². The highest BCUT2D eigenvalue weighted by Crippen LogP contribution is 2.07. The molecule has 0 saturated carbocycles. The number of rotatable bonds is 5. The van der Waals surface area contributed by atoms with Gasteiger partial charge in [-0.2, -0.15) is 5.10 Å². The van der Waals surface area contributed by atoms with E-state index in [1.54, 1.807) is 6.26 Å². The van der Waals surface area contributed by atoms with Crippen LogP contribution in [0, 0.1) is 6.92 Å². The van der Waals surface area contributed by atoms with Crippen molar-refractivity contribution >= 4 is 29.9 Å². The van der Waals surface area contributed by atoms with E-state index >= 15 is 0 Å². The van der Waals surface area contributed by atoms with Crippen molar-refractivity contribution in [3.63, 3.8) is 0 Å². The molecule has 1 N–H and O–H groups in total. The van der Waals surface area contributed by atoms with Gasteiger partial charge in [0, 0.05) is 58.6 Å². The maximum Gasteiger partial charge on any atom is 0.193 e. The summed E-state index contributed by atoms with van der Waals surface area (Å²) in [6.45, 7) is 8.43. The van der Waals surface area contributed by atoms with E-state index in [9.17, 15) is 0 Å². The average molecular weight is 459 g/mol. The van der Waals surface area contributed by atoms with Crippen molar-refractivity contribution in [3.8, 4) is 0 Å². The second-order valence-electron chi connectivity index (χ2n) is 6.01. The summed E-state index contributed by atoms with van der Waals surface area (Å²) in [5.74, 6) is 0.958. The molecule has 3 rings (SSSR count). The summed E-state index contributed by atoms with van der Waals surface area (Å²) in [6, 6.07) is 1.92. The van der Waals surface area contributed by atoms with Gasteiger partial charge in [-0.15, -0.1) is 24.0 Å². The van der Waals surface area contributed by atoms with Gasteiger partial charge in [0.05, 0.1) is 18.4 Å². The minimum atomic E-state index is 0. The lowest BCUT2D eigenvalue weighted by Gasteiger charge is -2.36. The number of aryl methyl sites for hydroxylation is 1. The molecule has 0 unspecified atom stereocenters. The highest BCUT2D eigenvalue weighted by molar-refractivity contribution is 14.0. The number of aromatic nitrogens is 3. The number of guanidine groups is 1. The van der Waals surface area contributed by atoms with Crippen LogP contribution >= 0.6 is 24.0 Å². The standard InChI is InChI=1S/C16H25N7O.HI/c1-14-11-19-23(12-14)5-4-18-16(17-2)22-8-6-21(7-9-22)13-15-3-10-24-20-15;/h3,10-12H,4-9,13H2,1-2H3,(H,17,18);1H. The van der Waals surface area contributed by atoms with Crippen molar-refractivity contribution in [1.82, 2.24) is 30.1 Å². The third-order valence-electron chi connectivity index (χ3n) is 4.15. The molecule has 0 aliphatic carbocycles. The van der Waals surface area contributed by atoms with Crippen LogP contribution in [-0.4, -0.2) is 70.5 Å². The van der Waals surface area contributed by atoms with Gasteiger partial charge in [0.25, 0.3) is 0 Å². The number of nitrogens with one attached hydrogen (secondary N) is 1. The van der Waals surface area contributed by atoms with E-state index in [0.29, 0.717) is 0 Å². The van der Waals surface area contributed by atoms with E-state index in [-0.39, 0.29) is 24.0 Å². The van der Waals surface area contributed by atoms with E-state index in [0.717, 1.165) is 57.5 Å². The highest BCUT2D eigenvalue weighted by atomic mass is 127. The predicted octanol–water partition coefficient (Wildman–Crippen LogP) is 1.19. The largest absolute Gasteiger partial charge is 0.364 e. The molecular formula is C16H26IN7O. The summed E-state index contributed by atoms with van der Waals surface area (Å²) in [5.41, 5.74) is 2.17. The third kappa shape index (κ3) is 5.70. The Bertz CT molecular complexity index is 647. The Morgan fingerprint density at radius 2 is 2.12 bits per heavy atom. The van der Waals surface area contributed by atoms with Gasteiger partial charge in [-0.1, -0.05) is 5.16 Å². The molecule has 0 aromatic carbocycles. The summed E-state index contributed by atoms with van der Waals surface area (Å²) < 4.78 is 6.84. The molecular weight excluding hydrogens is 433 g/mol. The number of aliphatic imine (C=N–C) groups is 1. The first kappa shape index (κ1) is 19.7. The fourth-order valence-corrected chi connectivity index (χ4v) is 2.87. The van der Waals surface area contributed by atoms with E-state index < -0.39 is 0 Å². The molecule has 1 saturated heterocycles. The lowest BCUT2D eigenvalue weighted by Crippen LogP contribution is -2.52. The van der Waals surface area contributed by atoms with Crippen LogP contribution in [0.1, 0.15) is 11.3 Å². The zero-order chi connectivity index (χ0) is 16.8. The van der Waals surface area contributed by atoms with Crippen molar-refractivity contribution in [2.24, 2.45) is 4.99 Å².